The van der Waals surface area contributed by atoms with Crippen molar-refractivity contribution in [3.05, 3.63) is 23.1 Å². The van der Waals surface area contributed by atoms with Gasteiger partial charge in [-0.15, -0.1) is 0 Å². The van der Waals surface area contributed by atoms with Crippen molar-refractivity contribution >= 4 is 17.5 Å². The first-order valence-corrected chi connectivity index (χ1v) is 6.47. The van der Waals surface area contributed by atoms with Gasteiger partial charge in [0.05, 0.1) is 11.8 Å². The molecular weight excluding hydrogens is 252 g/mol. The first-order valence-electron chi connectivity index (χ1n) is 6.09. The number of likely N-dealkylation sites (N-methyl/N-ethyl adjacent to an activating group) is 1. The number of carbonyl (C=O) groups excluding carboxylic acids is 1. The Balaban J connectivity index is 2.52. The van der Waals surface area contributed by atoms with Crippen LogP contribution in [0.3, 0.4) is 0 Å². The van der Waals surface area contributed by atoms with Gasteiger partial charge in [-0.2, -0.15) is 0 Å². The molecule has 0 saturated heterocycles. The van der Waals surface area contributed by atoms with Crippen molar-refractivity contribution in [3.8, 4) is 0 Å². The Bertz CT molecular complexity index is 388. The van der Waals surface area contributed by atoms with Crippen LogP contribution in [0.1, 0.15) is 30.6 Å². The van der Waals surface area contributed by atoms with E-state index in [0.29, 0.717) is 24.1 Å². The normalized spacial score (nSPS) is 13.1. The summed E-state index contributed by atoms with van der Waals surface area (Å²) in [5.74, 6) is 0.399. The maximum Gasteiger partial charge on any atom is 0.256 e. The Morgan fingerprint density at radius 3 is 2.61 bits per heavy atom. The number of furan rings is 1. The second-order valence-corrected chi connectivity index (χ2v) is 5.41. The minimum Gasteiger partial charge on any atom is -0.452 e. The van der Waals surface area contributed by atoms with Gasteiger partial charge in [-0.05, 0) is 44.1 Å². The lowest BCUT2D eigenvalue weighted by Gasteiger charge is -2.26. The van der Waals surface area contributed by atoms with Crippen LogP contribution in [0.25, 0.3) is 0 Å². The third kappa shape index (κ3) is 4.35. The van der Waals surface area contributed by atoms with Crippen LogP contribution in [0.15, 0.2) is 16.7 Å². The molecule has 0 aliphatic carbocycles. The summed E-state index contributed by atoms with van der Waals surface area (Å²) in [4.78, 5) is 14.0. The number of hydrogen-bond donors (Lipinski definition) is 1. The molecule has 1 aromatic heterocycles. The molecule has 0 fully saturated rings. The average Bonchev–Trinajstić information content (AvgIpc) is 2.69. The largest absolute Gasteiger partial charge is 0.452 e. The minimum atomic E-state index is -0.190. The first kappa shape index (κ1) is 15.1. The van der Waals surface area contributed by atoms with Gasteiger partial charge >= 0.3 is 0 Å². The van der Waals surface area contributed by atoms with Gasteiger partial charge in [0.15, 0.2) is 0 Å². The topological polar surface area (TPSA) is 45.5 Å². The van der Waals surface area contributed by atoms with E-state index in [2.05, 4.69) is 24.1 Å². The molecule has 0 aromatic carbocycles. The van der Waals surface area contributed by atoms with Crippen LogP contribution in [-0.4, -0.2) is 37.5 Å². The van der Waals surface area contributed by atoms with Crippen LogP contribution in [0.4, 0.5) is 0 Å². The zero-order chi connectivity index (χ0) is 13.7. The van der Waals surface area contributed by atoms with Crippen LogP contribution in [0.2, 0.25) is 5.22 Å². The second kappa shape index (κ2) is 6.81. The predicted molar refractivity (Wildman–Crippen MR) is 73.0 cm³/mol. The highest BCUT2D eigenvalue weighted by molar-refractivity contribution is 6.32. The van der Waals surface area contributed by atoms with Crippen LogP contribution in [0.5, 0.6) is 0 Å². The van der Waals surface area contributed by atoms with Gasteiger partial charge < -0.3 is 14.6 Å². The molecule has 0 aliphatic heterocycles. The molecule has 1 aromatic rings. The summed E-state index contributed by atoms with van der Waals surface area (Å²) >= 11 is 5.76. The monoisotopic (exact) mass is 272 g/mol. The van der Waals surface area contributed by atoms with Crippen LogP contribution in [-0.2, 0) is 0 Å². The summed E-state index contributed by atoms with van der Waals surface area (Å²) < 4.78 is 4.90. The Hall–Kier alpha value is -1.00. The molecule has 0 saturated carbocycles. The molecule has 1 unspecified atom stereocenters. The quantitative estimate of drug-likeness (QED) is 0.866. The molecule has 5 heteroatoms. The van der Waals surface area contributed by atoms with E-state index < -0.39 is 0 Å². The fourth-order valence-electron chi connectivity index (χ4n) is 1.78. The molecule has 0 bridgehead atoms. The molecule has 4 nitrogen and oxygen atoms in total. The zero-order valence-corrected chi connectivity index (χ0v) is 12.1. The molecule has 1 rings (SSSR count). The van der Waals surface area contributed by atoms with Crippen molar-refractivity contribution in [2.45, 2.75) is 26.3 Å². The molecule has 1 atom stereocenters. The minimum absolute atomic E-state index is 0.137. The molecule has 18 heavy (non-hydrogen) atoms. The number of amides is 1. The van der Waals surface area contributed by atoms with Gasteiger partial charge in [-0.3, -0.25) is 4.79 Å². The summed E-state index contributed by atoms with van der Waals surface area (Å²) in [5.41, 5.74) is 0.388. The highest BCUT2D eigenvalue weighted by Crippen LogP contribution is 2.16. The lowest BCUT2D eigenvalue weighted by Crippen LogP contribution is -2.41. The fourth-order valence-corrected chi connectivity index (χ4v) is 1.98. The molecule has 1 heterocycles. The van der Waals surface area contributed by atoms with E-state index in [-0.39, 0.29) is 11.1 Å². The molecule has 0 radical (unpaired) electrons. The summed E-state index contributed by atoms with van der Waals surface area (Å²) in [6.45, 7) is 4.95. The molecular formula is C13H21ClN2O2. The number of nitrogens with zero attached hydrogens (tertiary/aromatic N) is 1. The van der Waals surface area contributed by atoms with Crippen molar-refractivity contribution in [1.82, 2.24) is 10.2 Å². The third-order valence-corrected chi connectivity index (χ3v) is 3.13. The van der Waals surface area contributed by atoms with Crippen LogP contribution >= 0.6 is 11.6 Å². The fraction of sp³-hybridized carbons (Fsp3) is 0.615. The molecule has 1 amide bonds. The Kier molecular flexibility index (Phi) is 5.69. The Labute approximate surface area is 113 Å². The number of nitrogens with one attached hydrogen (secondary N) is 1. The van der Waals surface area contributed by atoms with E-state index >= 15 is 0 Å². The molecule has 102 valence electrons. The van der Waals surface area contributed by atoms with E-state index in [4.69, 9.17) is 16.0 Å². The van der Waals surface area contributed by atoms with E-state index in [1.807, 2.05) is 14.1 Å². The number of halogens is 1. The van der Waals surface area contributed by atoms with Crippen LogP contribution in [0, 0.1) is 5.92 Å². The molecule has 0 aliphatic rings. The number of carbonyl (C=O) groups is 1. The maximum absolute atomic E-state index is 11.9. The van der Waals surface area contributed by atoms with E-state index in [0.717, 1.165) is 6.42 Å². The van der Waals surface area contributed by atoms with Gasteiger partial charge in [-0.25, -0.2) is 0 Å². The average molecular weight is 273 g/mol. The van der Waals surface area contributed by atoms with E-state index in [1.165, 1.54) is 6.26 Å². The zero-order valence-electron chi connectivity index (χ0n) is 11.4. The lowest BCUT2D eigenvalue weighted by atomic mass is 10.0. The third-order valence-electron chi connectivity index (χ3n) is 2.83. The van der Waals surface area contributed by atoms with Crippen molar-refractivity contribution in [2.24, 2.45) is 5.92 Å². The van der Waals surface area contributed by atoms with Crippen molar-refractivity contribution in [3.63, 3.8) is 0 Å². The smallest absolute Gasteiger partial charge is 0.256 e. The predicted octanol–water partition coefficient (Wildman–Crippen LogP) is 2.64. The SMILES string of the molecule is CC(C)CC(CNC(=O)c1ccoc1Cl)N(C)C. The van der Waals surface area contributed by atoms with Crippen molar-refractivity contribution < 1.29 is 9.21 Å². The molecule has 0 spiro atoms. The van der Waals surface area contributed by atoms with Gasteiger partial charge in [-0.1, -0.05) is 13.8 Å². The Morgan fingerprint density at radius 1 is 1.50 bits per heavy atom. The first-order chi connectivity index (χ1) is 8.41. The standard InChI is InChI=1S/C13H21ClN2O2/c1-9(2)7-10(16(3)4)8-15-13(17)11-5-6-18-12(11)14/h5-6,9-10H,7-8H2,1-4H3,(H,15,17). The van der Waals surface area contributed by atoms with E-state index in [9.17, 15) is 4.79 Å². The maximum atomic E-state index is 11.9. The number of hydrogen-bond acceptors (Lipinski definition) is 3. The van der Waals surface area contributed by atoms with Gasteiger partial charge in [0.25, 0.3) is 5.91 Å². The van der Waals surface area contributed by atoms with Crippen LogP contribution < -0.4 is 5.32 Å². The Morgan fingerprint density at radius 2 is 2.17 bits per heavy atom. The second-order valence-electron chi connectivity index (χ2n) is 5.06. The lowest BCUT2D eigenvalue weighted by molar-refractivity contribution is 0.0938. The summed E-state index contributed by atoms with van der Waals surface area (Å²) in [6.07, 6.45) is 2.45. The molecule has 1 N–H and O–H groups in total. The highest BCUT2D eigenvalue weighted by atomic mass is 35.5. The highest BCUT2D eigenvalue weighted by Gasteiger charge is 2.17. The van der Waals surface area contributed by atoms with E-state index in [1.54, 1.807) is 6.07 Å². The van der Waals surface area contributed by atoms with Crippen molar-refractivity contribution in [2.75, 3.05) is 20.6 Å². The summed E-state index contributed by atoms with van der Waals surface area (Å²) in [5, 5.41) is 3.02. The summed E-state index contributed by atoms with van der Waals surface area (Å²) in [6, 6.07) is 1.89. The summed E-state index contributed by atoms with van der Waals surface area (Å²) in [7, 11) is 4.04. The van der Waals surface area contributed by atoms with Gasteiger partial charge in [0, 0.05) is 12.6 Å². The van der Waals surface area contributed by atoms with Crippen molar-refractivity contribution in [1.29, 1.82) is 0 Å². The van der Waals surface area contributed by atoms with Gasteiger partial charge in [0.2, 0.25) is 5.22 Å². The number of rotatable bonds is 6. The van der Waals surface area contributed by atoms with Gasteiger partial charge in [0.1, 0.15) is 0 Å².